The first kappa shape index (κ1) is 12.1. The van der Waals surface area contributed by atoms with Gasteiger partial charge in [0.2, 0.25) is 0 Å². The zero-order chi connectivity index (χ0) is 11.7. The summed E-state index contributed by atoms with van der Waals surface area (Å²) in [6.07, 6.45) is 0. The summed E-state index contributed by atoms with van der Waals surface area (Å²) in [7, 11) is 0. The topological polar surface area (TPSA) is 26.0 Å². The molecule has 0 bridgehead atoms. The number of aryl methyl sites for hydroxylation is 1. The van der Waals surface area contributed by atoms with E-state index in [0.29, 0.717) is 0 Å². The monoisotopic (exact) mass is 315 g/mol. The summed E-state index contributed by atoms with van der Waals surface area (Å²) in [4.78, 5) is 1.10. The van der Waals surface area contributed by atoms with Crippen LogP contribution in [0.1, 0.15) is 22.0 Å². The van der Waals surface area contributed by atoms with Gasteiger partial charge in [0.05, 0.1) is 6.04 Å². The van der Waals surface area contributed by atoms with Crippen LogP contribution in [-0.4, -0.2) is 0 Å². The first-order valence-electron chi connectivity index (χ1n) is 4.84. The molecule has 1 aromatic heterocycles. The number of nitrogens with two attached hydrogens (primary N) is 1. The average molecular weight is 317 g/mol. The highest BCUT2D eigenvalue weighted by Crippen LogP contribution is 2.34. The predicted octanol–water partition coefficient (Wildman–Crippen LogP) is 4.52. The second kappa shape index (κ2) is 4.88. The lowest BCUT2D eigenvalue weighted by Crippen LogP contribution is -2.11. The molecule has 4 heteroatoms. The lowest BCUT2D eigenvalue weighted by atomic mass is 10.0. The molecule has 2 aromatic rings. The van der Waals surface area contributed by atoms with E-state index in [4.69, 9.17) is 17.3 Å². The second-order valence-corrected chi connectivity index (χ2v) is 5.84. The molecule has 1 unspecified atom stereocenters. The van der Waals surface area contributed by atoms with Crippen LogP contribution in [0.2, 0.25) is 5.02 Å². The van der Waals surface area contributed by atoms with Crippen molar-refractivity contribution in [3.63, 3.8) is 0 Å². The van der Waals surface area contributed by atoms with E-state index in [0.717, 1.165) is 25.5 Å². The molecule has 1 aromatic carbocycles. The fourth-order valence-corrected chi connectivity index (χ4v) is 3.54. The molecule has 0 aliphatic rings. The number of benzene rings is 1. The van der Waals surface area contributed by atoms with Crippen LogP contribution in [0.15, 0.2) is 34.1 Å². The minimum absolute atomic E-state index is 0.164. The number of thiophene rings is 1. The molecule has 2 rings (SSSR count). The molecular formula is C12H11BrClNS. The van der Waals surface area contributed by atoms with Crippen molar-refractivity contribution in [1.29, 1.82) is 0 Å². The van der Waals surface area contributed by atoms with Crippen LogP contribution >= 0.6 is 38.9 Å². The number of hydrogen-bond acceptors (Lipinski definition) is 2. The molecule has 0 saturated heterocycles. The van der Waals surface area contributed by atoms with E-state index in [9.17, 15) is 0 Å². The van der Waals surface area contributed by atoms with Gasteiger partial charge >= 0.3 is 0 Å². The van der Waals surface area contributed by atoms with Crippen LogP contribution < -0.4 is 5.73 Å². The Balaban J connectivity index is 2.41. The summed E-state index contributed by atoms with van der Waals surface area (Å²) in [6, 6.07) is 7.81. The molecule has 0 aliphatic heterocycles. The predicted molar refractivity (Wildman–Crippen MR) is 74.2 cm³/mol. The van der Waals surface area contributed by atoms with Crippen molar-refractivity contribution in [1.82, 2.24) is 0 Å². The van der Waals surface area contributed by atoms with Gasteiger partial charge in [-0.05, 0) is 51.5 Å². The van der Waals surface area contributed by atoms with Gasteiger partial charge in [-0.3, -0.25) is 0 Å². The zero-order valence-corrected chi connectivity index (χ0v) is 11.9. The Bertz CT molecular complexity index is 509. The summed E-state index contributed by atoms with van der Waals surface area (Å²) < 4.78 is 1.04. The molecule has 1 atom stereocenters. The molecule has 16 heavy (non-hydrogen) atoms. The quantitative estimate of drug-likeness (QED) is 0.866. The van der Waals surface area contributed by atoms with Gasteiger partial charge in [-0.25, -0.2) is 0 Å². The normalized spacial score (nSPS) is 12.8. The highest BCUT2D eigenvalue weighted by molar-refractivity contribution is 9.10. The molecule has 84 valence electrons. The Morgan fingerprint density at radius 2 is 2.12 bits per heavy atom. The number of hydrogen-bond donors (Lipinski definition) is 1. The fraction of sp³-hybridized carbons (Fsp3) is 0.167. The van der Waals surface area contributed by atoms with Crippen molar-refractivity contribution in [3.05, 3.63) is 55.1 Å². The lowest BCUT2D eigenvalue weighted by molar-refractivity contribution is 0.888. The average Bonchev–Trinajstić information content (AvgIpc) is 2.63. The van der Waals surface area contributed by atoms with E-state index < -0.39 is 0 Å². The van der Waals surface area contributed by atoms with Crippen LogP contribution in [0.3, 0.4) is 0 Å². The highest BCUT2D eigenvalue weighted by atomic mass is 79.9. The Labute approximate surface area is 112 Å². The Kier molecular flexibility index (Phi) is 3.70. The van der Waals surface area contributed by atoms with Gasteiger partial charge in [0.1, 0.15) is 0 Å². The van der Waals surface area contributed by atoms with Gasteiger partial charge < -0.3 is 5.73 Å². The van der Waals surface area contributed by atoms with Crippen LogP contribution in [0.25, 0.3) is 0 Å². The third kappa shape index (κ3) is 2.33. The molecule has 0 amide bonds. The van der Waals surface area contributed by atoms with Crippen molar-refractivity contribution < 1.29 is 0 Å². The first-order chi connectivity index (χ1) is 7.59. The van der Waals surface area contributed by atoms with E-state index in [1.165, 1.54) is 0 Å². The van der Waals surface area contributed by atoms with Crippen molar-refractivity contribution in [2.24, 2.45) is 5.73 Å². The standard InChI is InChI=1S/C12H11BrClNS/c1-7-2-3-8(10(14)6-7)11(15)12-9(13)4-5-16-12/h2-6,11H,15H2,1H3. The molecule has 2 N–H and O–H groups in total. The Morgan fingerprint density at radius 3 is 2.69 bits per heavy atom. The van der Waals surface area contributed by atoms with Gasteiger partial charge in [0.15, 0.2) is 0 Å². The van der Waals surface area contributed by atoms with E-state index >= 15 is 0 Å². The van der Waals surface area contributed by atoms with Crippen LogP contribution in [0, 0.1) is 6.92 Å². The summed E-state index contributed by atoms with van der Waals surface area (Å²) in [6.45, 7) is 2.02. The molecule has 0 radical (unpaired) electrons. The van der Waals surface area contributed by atoms with Crippen molar-refractivity contribution in [3.8, 4) is 0 Å². The molecule has 0 saturated carbocycles. The largest absolute Gasteiger partial charge is 0.320 e. The third-order valence-electron chi connectivity index (χ3n) is 2.42. The van der Waals surface area contributed by atoms with Crippen LogP contribution in [0.5, 0.6) is 0 Å². The maximum atomic E-state index is 6.21. The van der Waals surface area contributed by atoms with Gasteiger partial charge in [-0.2, -0.15) is 0 Å². The van der Waals surface area contributed by atoms with E-state index in [1.807, 2.05) is 36.6 Å². The number of halogens is 2. The van der Waals surface area contributed by atoms with Crippen molar-refractivity contribution >= 4 is 38.9 Å². The summed E-state index contributed by atoms with van der Waals surface area (Å²) in [5, 5.41) is 2.74. The maximum absolute atomic E-state index is 6.21. The minimum Gasteiger partial charge on any atom is -0.320 e. The molecule has 0 aliphatic carbocycles. The lowest BCUT2D eigenvalue weighted by Gasteiger charge is -2.13. The highest BCUT2D eigenvalue weighted by Gasteiger charge is 2.16. The fourth-order valence-electron chi connectivity index (χ4n) is 1.55. The van der Waals surface area contributed by atoms with Crippen LogP contribution in [0.4, 0.5) is 0 Å². The molecule has 1 nitrogen and oxygen atoms in total. The van der Waals surface area contributed by atoms with Gasteiger partial charge in [-0.15, -0.1) is 11.3 Å². The Hall–Kier alpha value is -0.350. The molecule has 0 spiro atoms. The second-order valence-electron chi connectivity index (χ2n) is 3.64. The molecule has 0 fully saturated rings. The van der Waals surface area contributed by atoms with Crippen LogP contribution in [-0.2, 0) is 0 Å². The minimum atomic E-state index is -0.164. The summed E-state index contributed by atoms with van der Waals surface area (Å²) in [5.74, 6) is 0. The molecular weight excluding hydrogens is 306 g/mol. The first-order valence-corrected chi connectivity index (χ1v) is 6.89. The summed E-state index contributed by atoms with van der Waals surface area (Å²) in [5.41, 5.74) is 8.32. The van der Waals surface area contributed by atoms with E-state index in [-0.39, 0.29) is 6.04 Å². The third-order valence-corrected chi connectivity index (χ3v) is 4.70. The summed E-state index contributed by atoms with van der Waals surface area (Å²) >= 11 is 11.3. The van der Waals surface area contributed by atoms with Crippen molar-refractivity contribution in [2.45, 2.75) is 13.0 Å². The zero-order valence-electron chi connectivity index (χ0n) is 8.71. The maximum Gasteiger partial charge on any atom is 0.0672 e. The van der Waals surface area contributed by atoms with Crippen molar-refractivity contribution in [2.75, 3.05) is 0 Å². The number of rotatable bonds is 2. The van der Waals surface area contributed by atoms with E-state index in [1.54, 1.807) is 11.3 Å². The van der Waals surface area contributed by atoms with Gasteiger partial charge in [-0.1, -0.05) is 23.7 Å². The smallest absolute Gasteiger partial charge is 0.0672 e. The molecule has 1 heterocycles. The Morgan fingerprint density at radius 1 is 1.38 bits per heavy atom. The van der Waals surface area contributed by atoms with E-state index in [2.05, 4.69) is 15.9 Å². The SMILES string of the molecule is Cc1ccc(C(N)c2sccc2Br)c(Cl)c1. The van der Waals surface area contributed by atoms with Gasteiger partial charge in [0, 0.05) is 14.4 Å². The van der Waals surface area contributed by atoms with Gasteiger partial charge in [0.25, 0.3) is 0 Å².